The number of hydrogen-bond acceptors (Lipinski definition) is 7. The summed E-state index contributed by atoms with van der Waals surface area (Å²) in [6, 6.07) is 20.5. The Kier molecular flexibility index (Phi) is 7.63. The number of hydrogen-bond donors (Lipinski definition) is 3. The number of thioether (sulfide) groups is 1. The number of carbonyl (C=O) groups is 1. The Hall–Kier alpha value is -4.11. The van der Waals surface area contributed by atoms with Crippen LogP contribution in [0.15, 0.2) is 77.0 Å². The predicted octanol–water partition coefficient (Wildman–Crippen LogP) is 5.19. The van der Waals surface area contributed by atoms with Crippen molar-refractivity contribution in [3.63, 3.8) is 0 Å². The number of nitrogens with zero attached hydrogens (tertiary/aromatic N) is 4. The summed E-state index contributed by atoms with van der Waals surface area (Å²) in [4.78, 5) is 12.4. The first-order valence-electron chi connectivity index (χ1n) is 11.7. The number of hydrazone groups is 1. The molecule has 0 fully saturated rings. The van der Waals surface area contributed by atoms with Crippen LogP contribution in [0.3, 0.4) is 0 Å². The molecule has 1 heterocycles. The molecule has 0 aliphatic heterocycles. The zero-order valence-corrected chi connectivity index (χ0v) is 22.0. The van der Waals surface area contributed by atoms with E-state index in [4.69, 9.17) is 0 Å². The van der Waals surface area contributed by atoms with Gasteiger partial charge in [-0.15, -0.1) is 10.2 Å². The lowest BCUT2D eigenvalue weighted by atomic mass is 9.87. The molecule has 3 aromatic carbocycles. The first-order chi connectivity index (χ1) is 17.6. The Morgan fingerprint density at radius 3 is 2.38 bits per heavy atom. The molecule has 4 aromatic rings. The topological polar surface area (TPSA) is 113 Å². The highest BCUT2D eigenvalue weighted by atomic mass is 32.2. The zero-order chi connectivity index (χ0) is 26.6. The summed E-state index contributed by atoms with van der Waals surface area (Å²) in [5.41, 5.74) is 7.05. The van der Waals surface area contributed by atoms with E-state index in [0.717, 1.165) is 16.8 Å². The molecule has 0 saturated heterocycles. The number of phenols is 2. The van der Waals surface area contributed by atoms with Crippen molar-refractivity contribution < 1.29 is 15.0 Å². The third-order valence-electron chi connectivity index (χ3n) is 5.67. The lowest BCUT2D eigenvalue weighted by molar-refractivity contribution is -0.118. The normalized spacial score (nSPS) is 11.7. The maximum absolute atomic E-state index is 12.4. The average Bonchev–Trinajstić information content (AvgIpc) is 3.28. The number of aromatic hydroxyl groups is 2. The van der Waals surface area contributed by atoms with Gasteiger partial charge in [0.05, 0.1) is 12.0 Å². The minimum Gasteiger partial charge on any atom is -0.508 e. The molecule has 0 unspecified atom stereocenters. The van der Waals surface area contributed by atoms with Crippen molar-refractivity contribution in [1.29, 1.82) is 0 Å². The van der Waals surface area contributed by atoms with Crippen LogP contribution in [-0.4, -0.2) is 42.9 Å². The molecule has 9 heteroatoms. The summed E-state index contributed by atoms with van der Waals surface area (Å²) >= 11 is 1.25. The van der Waals surface area contributed by atoms with Crippen molar-refractivity contribution in [3.8, 4) is 28.6 Å². The second kappa shape index (κ2) is 10.9. The molecule has 3 N–H and O–H groups in total. The Morgan fingerprint density at radius 2 is 1.73 bits per heavy atom. The predicted molar refractivity (Wildman–Crippen MR) is 146 cm³/mol. The Morgan fingerprint density at radius 1 is 1.03 bits per heavy atom. The number of rotatable bonds is 7. The third kappa shape index (κ3) is 6.37. The van der Waals surface area contributed by atoms with Gasteiger partial charge in [-0.05, 0) is 42.2 Å². The van der Waals surface area contributed by atoms with Crippen LogP contribution in [-0.2, 0) is 10.2 Å². The summed E-state index contributed by atoms with van der Waals surface area (Å²) < 4.78 is 1.95. The van der Waals surface area contributed by atoms with E-state index in [-0.39, 0.29) is 28.6 Å². The largest absolute Gasteiger partial charge is 0.508 e. The molecule has 0 aliphatic rings. The van der Waals surface area contributed by atoms with Crippen molar-refractivity contribution in [3.05, 3.63) is 83.4 Å². The molecular weight excluding hydrogens is 486 g/mol. The van der Waals surface area contributed by atoms with E-state index in [0.29, 0.717) is 16.5 Å². The van der Waals surface area contributed by atoms with Gasteiger partial charge in [0.25, 0.3) is 5.91 Å². The summed E-state index contributed by atoms with van der Waals surface area (Å²) in [7, 11) is 0. The van der Waals surface area contributed by atoms with Crippen LogP contribution in [0.1, 0.15) is 37.5 Å². The summed E-state index contributed by atoms with van der Waals surface area (Å²) in [6.07, 6.45) is 1.31. The molecule has 0 spiro atoms. The van der Waals surface area contributed by atoms with Crippen molar-refractivity contribution >= 4 is 23.9 Å². The highest BCUT2D eigenvalue weighted by Gasteiger charge is 2.19. The van der Waals surface area contributed by atoms with Gasteiger partial charge in [-0.1, -0.05) is 74.5 Å². The van der Waals surface area contributed by atoms with E-state index in [1.807, 2.05) is 47.9 Å². The van der Waals surface area contributed by atoms with Crippen LogP contribution in [0.4, 0.5) is 0 Å². The van der Waals surface area contributed by atoms with E-state index in [2.05, 4.69) is 53.6 Å². The van der Waals surface area contributed by atoms with Crippen molar-refractivity contribution in [2.45, 2.75) is 38.3 Å². The smallest absolute Gasteiger partial charge is 0.250 e. The van der Waals surface area contributed by atoms with Gasteiger partial charge in [0.1, 0.15) is 11.5 Å². The Labute approximate surface area is 220 Å². The Bertz CT molecular complexity index is 1420. The molecule has 1 amide bonds. The molecule has 1 aromatic heterocycles. The van der Waals surface area contributed by atoms with Crippen LogP contribution < -0.4 is 5.43 Å². The average molecular weight is 516 g/mol. The fraction of sp³-hybridized carbons (Fsp3) is 0.214. The van der Waals surface area contributed by atoms with Crippen molar-refractivity contribution in [1.82, 2.24) is 20.2 Å². The van der Waals surface area contributed by atoms with Gasteiger partial charge in [-0.2, -0.15) is 5.10 Å². The molecule has 4 rings (SSSR count). The third-order valence-corrected chi connectivity index (χ3v) is 6.60. The van der Waals surface area contributed by atoms with E-state index in [9.17, 15) is 15.0 Å². The monoisotopic (exact) mass is 515 g/mol. The molecule has 8 nitrogen and oxygen atoms in total. The molecule has 0 aliphatic carbocycles. The molecule has 190 valence electrons. The van der Waals surface area contributed by atoms with Crippen LogP contribution >= 0.6 is 11.8 Å². The fourth-order valence-corrected chi connectivity index (χ4v) is 4.32. The van der Waals surface area contributed by atoms with Gasteiger partial charge in [-0.25, -0.2) is 5.43 Å². The molecule has 0 atom stereocenters. The van der Waals surface area contributed by atoms with Gasteiger partial charge >= 0.3 is 0 Å². The molecular formula is C28H29N5O3S. The number of phenolic OH excluding ortho intramolecular Hbond substituents is 2. The first kappa shape index (κ1) is 26.0. The number of aryl methyl sites for hydroxylation is 1. The standard InChI is InChI=1S/C28H29N5O3S/c1-18-5-12-22(13-6-18)33-26(19-7-10-21(11-8-19)28(2,3)4)31-32-27(33)37-17-25(36)30-29-16-20-9-14-23(34)15-24(20)35/h5-16,34-35H,17H2,1-4H3,(H,30,36)/b29-16+. The number of amides is 1. The maximum Gasteiger partial charge on any atom is 0.250 e. The minimum atomic E-state index is -0.339. The van der Waals surface area contributed by atoms with Crippen LogP contribution in [0.5, 0.6) is 11.5 Å². The van der Waals surface area contributed by atoms with Gasteiger partial charge in [-0.3, -0.25) is 9.36 Å². The number of carbonyl (C=O) groups excluding carboxylic acids is 1. The van der Waals surface area contributed by atoms with Crippen molar-refractivity contribution in [2.75, 3.05) is 5.75 Å². The highest BCUT2D eigenvalue weighted by Crippen LogP contribution is 2.30. The van der Waals surface area contributed by atoms with Crippen molar-refractivity contribution in [2.24, 2.45) is 5.10 Å². The first-order valence-corrected chi connectivity index (χ1v) is 12.7. The Balaban J connectivity index is 1.53. The summed E-state index contributed by atoms with van der Waals surface area (Å²) in [6.45, 7) is 8.55. The lowest BCUT2D eigenvalue weighted by Gasteiger charge is -2.19. The van der Waals surface area contributed by atoms with E-state index < -0.39 is 0 Å². The molecule has 0 bridgehead atoms. The van der Waals surface area contributed by atoms with Gasteiger partial charge in [0.2, 0.25) is 0 Å². The quantitative estimate of drug-likeness (QED) is 0.177. The molecule has 0 saturated carbocycles. The van der Waals surface area contributed by atoms with Crippen LogP contribution in [0.25, 0.3) is 17.1 Å². The zero-order valence-electron chi connectivity index (χ0n) is 21.1. The van der Waals surface area contributed by atoms with Gasteiger partial charge in [0, 0.05) is 22.9 Å². The van der Waals surface area contributed by atoms with Crippen LogP contribution in [0, 0.1) is 6.92 Å². The molecule has 37 heavy (non-hydrogen) atoms. The second-order valence-electron chi connectivity index (χ2n) is 9.63. The fourth-order valence-electron chi connectivity index (χ4n) is 3.57. The van der Waals surface area contributed by atoms with Gasteiger partial charge < -0.3 is 10.2 Å². The molecule has 0 radical (unpaired) electrons. The summed E-state index contributed by atoms with van der Waals surface area (Å²) in [5, 5.41) is 32.5. The maximum atomic E-state index is 12.4. The van der Waals surface area contributed by atoms with E-state index in [1.54, 1.807) is 0 Å². The second-order valence-corrected chi connectivity index (χ2v) is 10.6. The number of aromatic nitrogens is 3. The minimum absolute atomic E-state index is 0.0427. The van der Waals surface area contributed by atoms with E-state index >= 15 is 0 Å². The SMILES string of the molecule is Cc1ccc(-n2c(SCC(=O)N/N=C/c3ccc(O)cc3O)nnc2-c2ccc(C(C)(C)C)cc2)cc1. The van der Waals surface area contributed by atoms with Crippen LogP contribution in [0.2, 0.25) is 0 Å². The number of nitrogens with one attached hydrogen (secondary N) is 1. The van der Waals surface area contributed by atoms with Gasteiger partial charge in [0.15, 0.2) is 11.0 Å². The highest BCUT2D eigenvalue weighted by molar-refractivity contribution is 7.99. The van der Waals surface area contributed by atoms with E-state index in [1.165, 1.54) is 41.7 Å². The summed E-state index contributed by atoms with van der Waals surface area (Å²) in [5.74, 6) is 0.215. The lowest BCUT2D eigenvalue weighted by Crippen LogP contribution is -2.20. The number of benzene rings is 3.